The molecule has 5 heteroatoms. The molecule has 1 aromatic carbocycles. The Kier molecular flexibility index (Phi) is 1.95. The predicted molar refractivity (Wildman–Crippen MR) is 67.0 cm³/mol. The number of aryl methyl sites for hydroxylation is 2. The molecule has 2 heterocycles. The standard InChI is InChI=1S/C12H13N5/c1-8-3-9-5-15-17(12(9)4-11(8)13)10-6-14-16(2)7-10/h3-7H,13H2,1-2H3. The average Bonchev–Trinajstić information content (AvgIpc) is 2.86. The molecule has 0 saturated heterocycles. The normalized spacial score (nSPS) is 11.2. The number of benzene rings is 1. The molecular formula is C12H13N5. The number of nitrogen functional groups attached to an aromatic ring is 1. The van der Waals surface area contributed by atoms with Crippen LogP contribution in [0, 0.1) is 6.92 Å². The second kappa shape index (κ2) is 3.35. The van der Waals surface area contributed by atoms with E-state index >= 15 is 0 Å². The molecule has 86 valence electrons. The molecule has 2 aromatic heterocycles. The zero-order valence-electron chi connectivity index (χ0n) is 9.75. The van der Waals surface area contributed by atoms with Crippen molar-refractivity contribution < 1.29 is 0 Å². The molecule has 0 amide bonds. The number of rotatable bonds is 1. The number of nitrogens with zero attached hydrogens (tertiary/aromatic N) is 4. The van der Waals surface area contributed by atoms with Gasteiger partial charge in [0.05, 0.1) is 24.1 Å². The van der Waals surface area contributed by atoms with Gasteiger partial charge in [-0.25, -0.2) is 4.68 Å². The van der Waals surface area contributed by atoms with Gasteiger partial charge in [-0.05, 0) is 24.6 Å². The first-order chi connectivity index (χ1) is 8.15. The fourth-order valence-corrected chi connectivity index (χ4v) is 1.93. The molecule has 0 aliphatic carbocycles. The minimum absolute atomic E-state index is 0.781. The van der Waals surface area contributed by atoms with Crippen molar-refractivity contribution in [3.8, 4) is 5.69 Å². The summed E-state index contributed by atoms with van der Waals surface area (Å²) < 4.78 is 3.60. The third kappa shape index (κ3) is 1.47. The van der Waals surface area contributed by atoms with Gasteiger partial charge in [-0.1, -0.05) is 0 Å². The molecule has 0 aliphatic rings. The molecule has 17 heavy (non-hydrogen) atoms. The minimum Gasteiger partial charge on any atom is -0.398 e. The fourth-order valence-electron chi connectivity index (χ4n) is 1.93. The minimum atomic E-state index is 0.781. The van der Waals surface area contributed by atoms with E-state index in [1.54, 1.807) is 10.9 Å². The van der Waals surface area contributed by atoms with Gasteiger partial charge in [0.2, 0.25) is 0 Å². The van der Waals surface area contributed by atoms with Gasteiger partial charge in [-0.15, -0.1) is 0 Å². The van der Waals surface area contributed by atoms with E-state index in [-0.39, 0.29) is 0 Å². The predicted octanol–water partition coefficient (Wildman–Crippen LogP) is 1.65. The van der Waals surface area contributed by atoms with Gasteiger partial charge in [0.25, 0.3) is 0 Å². The molecule has 0 saturated carbocycles. The van der Waals surface area contributed by atoms with Crippen LogP contribution in [0.4, 0.5) is 5.69 Å². The summed E-state index contributed by atoms with van der Waals surface area (Å²) in [7, 11) is 1.88. The number of nitrogens with two attached hydrogens (primary N) is 1. The van der Waals surface area contributed by atoms with Crippen LogP contribution in [-0.4, -0.2) is 19.6 Å². The molecule has 0 atom stereocenters. The highest BCUT2D eigenvalue weighted by atomic mass is 15.3. The van der Waals surface area contributed by atoms with Crippen LogP contribution in [0.5, 0.6) is 0 Å². The van der Waals surface area contributed by atoms with Crippen LogP contribution in [0.1, 0.15) is 5.56 Å². The smallest absolute Gasteiger partial charge is 0.103 e. The molecular weight excluding hydrogens is 214 g/mol. The van der Waals surface area contributed by atoms with Gasteiger partial charge in [0.1, 0.15) is 5.69 Å². The Hall–Kier alpha value is -2.30. The van der Waals surface area contributed by atoms with E-state index in [0.717, 1.165) is 27.8 Å². The lowest BCUT2D eigenvalue weighted by Gasteiger charge is -2.02. The van der Waals surface area contributed by atoms with Crippen molar-refractivity contribution >= 4 is 16.6 Å². The van der Waals surface area contributed by atoms with Gasteiger partial charge >= 0.3 is 0 Å². The zero-order chi connectivity index (χ0) is 12.0. The maximum Gasteiger partial charge on any atom is 0.103 e. The molecule has 0 radical (unpaired) electrons. The van der Waals surface area contributed by atoms with Crippen molar-refractivity contribution in [3.63, 3.8) is 0 Å². The quantitative estimate of drug-likeness (QED) is 0.643. The van der Waals surface area contributed by atoms with Crippen LogP contribution in [0.2, 0.25) is 0 Å². The second-order valence-corrected chi connectivity index (χ2v) is 4.20. The number of hydrogen-bond acceptors (Lipinski definition) is 3. The highest BCUT2D eigenvalue weighted by Gasteiger charge is 2.08. The van der Waals surface area contributed by atoms with Crippen LogP contribution >= 0.6 is 0 Å². The summed E-state index contributed by atoms with van der Waals surface area (Å²) in [6.07, 6.45) is 5.54. The summed E-state index contributed by atoms with van der Waals surface area (Å²) in [6.45, 7) is 2.00. The molecule has 0 spiro atoms. The molecule has 0 bridgehead atoms. The first kappa shape index (κ1) is 9.89. The first-order valence-corrected chi connectivity index (χ1v) is 5.38. The van der Waals surface area contributed by atoms with Gasteiger partial charge in [-0.3, -0.25) is 4.68 Å². The summed E-state index contributed by atoms with van der Waals surface area (Å²) in [6, 6.07) is 4.00. The van der Waals surface area contributed by atoms with Crippen molar-refractivity contribution in [2.45, 2.75) is 6.92 Å². The summed E-state index contributed by atoms with van der Waals surface area (Å²) in [5, 5.41) is 9.60. The van der Waals surface area contributed by atoms with Gasteiger partial charge in [0, 0.05) is 18.1 Å². The highest BCUT2D eigenvalue weighted by Crippen LogP contribution is 2.23. The second-order valence-electron chi connectivity index (χ2n) is 4.20. The number of anilines is 1. The van der Waals surface area contributed by atoms with Gasteiger partial charge < -0.3 is 5.73 Å². The Morgan fingerprint density at radius 3 is 2.71 bits per heavy atom. The summed E-state index contributed by atoms with van der Waals surface area (Å²) in [4.78, 5) is 0. The Morgan fingerprint density at radius 1 is 1.18 bits per heavy atom. The maximum atomic E-state index is 5.94. The van der Waals surface area contributed by atoms with Crippen LogP contribution in [0.25, 0.3) is 16.6 Å². The molecule has 0 fully saturated rings. The Morgan fingerprint density at radius 2 is 2.00 bits per heavy atom. The lowest BCUT2D eigenvalue weighted by molar-refractivity contribution is 0.766. The van der Waals surface area contributed by atoms with Crippen molar-refractivity contribution in [2.75, 3.05) is 5.73 Å². The molecule has 5 nitrogen and oxygen atoms in total. The Labute approximate surface area is 98.5 Å². The van der Waals surface area contributed by atoms with E-state index in [9.17, 15) is 0 Å². The van der Waals surface area contributed by atoms with Crippen molar-refractivity contribution in [1.29, 1.82) is 0 Å². The SMILES string of the molecule is Cc1cc2cnn(-c3cnn(C)c3)c2cc1N. The number of hydrogen-bond donors (Lipinski definition) is 1. The topological polar surface area (TPSA) is 61.7 Å². The van der Waals surface area contributed by atoms with Crippen molar-refractivity contribution in [2.24, 2.45) is 7.05 Å². The maximum absolute atomic E-state index is 5.94. The van der Waals surface area contributed by atoms with Crippen LogP contribution in [0.15, 0.2) is 30.7 Å². The molecule has 0 unspecified atom stereocenters. The molecule has 0 aliphatic heterocycles. The fraction of sp³-hybridized carbons (Fsp3) is 0.167. The van der Waals surface area contributed by atoms with Crippen LogP contribution in [-0.2, 0) is 7.05 Å². The molecule has 2 N–H and O–H groups in total. The van der Waals surface area contributed by atoms with E-state index in [1.165, 1.54) is 0 Å². The third-order valence-electron chi connectivity index (χ3n) is 2.89. The van der Waals surface area contributed by atoms with E-state index in [2.05, 4.69) is 10.2 Å². The Balaban J connectivity index is 2.27. The van der Waals surface area contributed by atoms with E-state index in [0.29, 0.717) is 0 Å². The Bertz CT molecular complexity index is 692. The van der Waals surface area contributed by atoms with Crippen LogP contribution < -0.4 is 5.73 Å². The number of fused-ring (bicyclic) bond motifs is 1. The summed E-state index contributed by atoms with van der Waals surface area (Å²) >= 11 is 0. The molecule has 3 aromatic rings. The zero-order valence-corrected chi connectivity index (χ0v) is 9.75. The lowest BCUT2D eigenvalue weighted by atomic mass is 10.1. The summed E-state index contributed by atoms with van der Waals surface area (Å²) in [5.41, 5.74) is 9.73. The lowest BCUT2D eigenvalue weighted by Crippen LogP contribution is -1.96. The number of aromatic nitrogens is 4. The molecule has 3 rings (SSSR count). The van der Waals surface area contributed by atoms with Crippen molar-refractivity contribution in [1.82, 2.24) is 19.6 Å². The van der Waals surface area contributed by atoms with E-state index in [4.69, 9.17) is 5.73 Å². The first-order valence-electron chi connectivity index (χ1n) is 5.38. The third-order valence-corrected chi connectivity index (χ3v) is 2.89. The summed E-state index contributed by atoms with van der Waals surface area (Å²) in [5.74, 6) is 0. The van der Waals surface area contributed by atoms with E-state index < -0.39 is 0 Å². The van der Waals surface area contributed by atoms with E-state index in [1.807, 2.05) is 43.2 Å². The van der Waals surface area contributed by atoms with Gasteiger partial charge in [0.15, 0.2) is 0 Å². The largest absolute Gasteiger partial charge is 0.398 e. The van der Waals surface area contributed by atoms with Gasteiger partial charge in [-0.2, -0.15) is 10.2 Å². The van der Waals surface area contributed by atoms with Crippen LogP contribution in [0.3, 0.4) is 0 Å². The monoisotopic (exact) mass is 227 g/mol. The average molecular weight is 227 g/mol. The van der Waals surface area contributed by atoms with Crippen molar-refractivity contribution in [3.05, 3.63) is 36.3 Å². The highest BCUT2D eigenvalue weighted by molar-refractivity contribution is 5.84.